The monoisotopic (exact) mass is 342 g/mol. The zero-order chi connectivity index (χ0) is 14.7. The molecule has 0 radical (unpaired) electrons. The Balaban J connectivity index is 2.22. The van der Waals surface area contributed by atoms with Crippen molar-refractivity contribution in [3.05, 3.63) is 28.5 Å². The lowest BCUT2D eigenvalue weighted by Crippen LogP contribution is -2.58. The molecule has 0 spiro atoms. The standard InChI is InChI=1S/C16H24BrFN2/c1-4-11(3)16-10-20(12(5-2)9-19-16)13-6-7-14(17)15(18)8-13/h6-8,11-12,16,19H,4-5,9-10H2,1-3H3. The summed E-state index contributed by atoms with van der Waals surface area (Å²) in [5.41, 5.74) is 0.993. The van der Waals surface area contributed by atoms with Crippen LogP contribution in [0.25, 0.3) is 0 Å². The average Bonchev–Trinajstić information content (AvgIpc) is 2.48. The quantitative estimate of drug-likeness (QED) is 0.882. The van der Waals surface area contributed by atoms with Gasteiger partial charge in [0.2, 0.25) is 0 Å². The lowest BCUT2D eigenvalue weighted by molar-refractivity contribution is 0.306. The molecule has 1 saturated heterocycles. The maximum absolute atomic E-state index is 13.8. The zero-order valence-corrected chi connectivity index (χ0v) is 14.1. The van der Waals surface area contributed by atoms with Crippen molar-refractivity contribution in [2.45, 2.75) is 45.7 Å². The minimum atomic E-state index is -0.184. The lowest BCUT2D eigenvalue weighted by Gasteiger charge is -2.43. The molecule has 0 saturated carbocycles. The normalized spacial score (nSPS) is 24.8. The predicted molar refractivity (Wildman–Crippen MR) is 86.8 cm³/mol. The van der Waals surface area contributed by atoms with Crippen molar-refractivity contribution in [1.82, 2.24) is 5.32 Å². The minimum Gasteiger partial charge on any atom is -0.366 e. The molecule has 4 heteroatoms. The van der Waals surface area contributed by atoms with Gasteiger partial charge in [0.25, 0.3) is 0 Å². The second-order valence-corrected chi connectivity index (χ2v) is 6.57. The number of hydrogen-bond acceptors (Lipinski definition) is 2. The van der Waals surface area contributed by atoms with E-state index in [1.807, 2.05) is 6.07 Å². The summed E-state index contributed by atoms with van der Waals surface area (Å²) in [6.45, 7) is 8.63. The van der Waals surface area contributed by atoms with Gasteiger partial charge in [-0.1, -0.05) is 27.2 Å². The molecule has 1 aromatic rings. The van der Waals surface area contributed by atoms with Crippen LogP contribution in [0.3, 0.4) is 0 Å². The van der Waals surface area contributed by atoms with E-state index < -0.39 is 0 Å². The molecular weight excluding hydrogens is 319 g/mol. The highest BCUT2D eigenvalue weighted by atomic mass is 79.9. The van der Waals surface area contributed by atoms with Crippen LogP contribution in [-0.4, -0.2) is 25.2 Å². The number of piperazine rings is 1. The second kappa shape index (κ2) is 6.90. The van der Waals surface area contributed by atoms with Gasteiger partial charge in [-0.2, -0.15) is 0 Å². The van der Waals surface area contributed by atoms with E-state index in [9.17, 15) is 4.39 Å². The van der Waals surface area contributed by atoms with Crippen LogP contribution < -0.4 is 10.2 Å². The maximum atomic E-state index is 13.8. The summed E-state index contributed by atoms with van der Waals surface area (Å²) >= 11 is 3.23. The first-order valence-electron chi connectivity index (χ1n) is 7.51. The second-order valence-electron chi connectivity index (χ2n) is 5.71. The van der Waals surface area contributed by atoms with Crippen LogP contribution in [-0.2, 0) is 0 Å². The number of rotatable bonds is 4. The van der Waals surface area contributed by atoms with Crippen molar-refractivity contribution in [3.63, 3.8) is 0 Å². The molecule has 1 N–H and O–H groups in total. The van der Waals surface area contributed by atoms with Crippen LogP contribution in [0.5, 0.6) is 0 Å². The third kappa shape index (κ3) is 3.34. The molecule has 112 valence electrons. The van der Waals surface area contributed by atoms with Crippen molar-refractivity contribution in [1.29, 1.82) is 0 Å². The molecule has 1 aliphatic rings. The molecule has 3 atom stereocenters. The molecule has 1 aromatic carbocycles. The van der Waals surface area contributed by atoms with Crippen LogP contribution >= 0.6 is 15.9 Å². The highest BCUT2D eigenvalue weighted by Gasteiger charge is 2.29. The molecule has 1 aliphatic heterocycles. The minimum absolute atomic E-state index is 0.184. The molecule has 2 rings (SSSR count). The smallest absolute Gasteiger partial charge is 0.139 e. The number of hydrogen-bond donors (Lipinski definition) is 1. The van der Waals surface area contributed by atoms with E-state index in [0.29, 0.717) is 22.5 Å². The molecule has 0 aromatic heterocycles. The van der Waals surface area contributed by atoms with Gasteiger partial charge in [-0.25, -0.2) is 4.39 Å². The van der Waals surface area contributed by atoms with Crippen molar-refractivity contribution >= 4 is 21.6 Å². The highest BCUT2D eigenvalue weighted by Crippen LogP contribution is 2.27. The number of halogens is 2. The van der Waals surface area contributed by atoms with Gasteiger partial charge in [-0.3, -0.25) is 0 Å². The fraction of sp³-hybridized carbons (Fsp3) is 0.625. The molecule has 2 nitrogen and oxygen atoms in total. The van der Waals surface area contributed by atoms with E-state index in [-0.39, 0.29) is 5.82 Å². The Labute approximate surface area is 129 Å². The molecule has 0 bridgehead atoms. The Morgan fingerprint density at radius 1 is 1.45 bits per heavy atom. The SMILES string of the molecule is CCC(C)C1CN(c2ccc(Br)c(F)c2)C(CC)CN1. The Morgan fingerprint density at radius 3 is 2.80 bits per heavy atom. The molecule has 3 unspecified atom stereocenters. The summed E-state index contributed by atoms with van der Waals surface area (Å²) in [5.74, 6) is 0.451. The van der Waals surface area contributed by atoms with Crippen LogP contribution in [0.2, 0.25) is 0 Å². The first-order chi connectivity index (χ1) is 9.56. The van der Waals surface area contributed by atoms with E-state index in [0.717, 1.165) is 31.6 Å². The van der Waals surface area contributed by atoms with E-state index in [1.165, 1.54) is 0 Å². The molecule has 1 heterocycles. The van der Waals surface area contributed by atoms with Crippen molar-refractivity contribution in [2.24, 2.45) is 5.92 Å². The summed E-state index contributed by atoms with van der Waals surface area (Å²) in [7, 11) is 0. The Morgan fingerprint density at radius 2 is 2.20 bits per heavy atom. The number of nitrogens with zero attached hydrogens (tertiary/aromatic N) is 1. The summed E-state index contributed by atoms with van der Waals surface area (Å²) in [6.07, 6.45) is 2.23. The highest BCUT2D eigenvalue weighted by molar-refractivity contribution is 9.10. The summed E-state index contributed by atoms with van der Waals surface area (Å²) in [6, 6.07) is 6.38. The fourth-order valence-corrected chi connectivity index (χ4v) is 3.08. The van der Waals surface area contributed by atoms with Crippen LogP contribution in [0.4, 0.5) is 10.1 Å². The van der Waals surface area contributed by atoms with E-state index in [2.05, 4.69) is 46.9 Å². The van der Waals surface area contributed by atoms with Crippen molar-refractivity contribution in [3.8, 4) is 0 Å². The maximum Gasteiger partial charge on any atom is 0.139 e. The molecular formula is C16H24BrFN2. The Kier molecular flexibility index (Phi) is 5.44. The number of anilines is 1. The van der Waals surface area contributed by atoms with Gasteiger partial charge >= 0.3 is 0 Å². The predicted octanol–water partition coefficient (Wildman–Crippen LogP) is 4.19. The van der Waals surface area contributed by atoms with Crippen molar-refractivity contribution < 1.29 is 4.39 Å². The third-order valence-corrected chi connectivity index (χ3v) is 5.13. The average molecular weight is 343 g/mol. The van der Waals surface area contributed by atoms with Gasteiger partial charge in [0, 0.05) is 30.9 Å². The van der Waals surface area contributed by atoms with E-state index in [4.69, 9.17) is 0 Å². The Hall–Kier alpha value is -0.610. The first-order valence-corrected chi connectivity index (χ1v) is 8.31. The molecule has 0 amide bonds. The van der Waals surface area contributed by atoms with Crippen LogP contribution in [0.1, 0.15) is 33.6 Å². The van der Waals surface area contributed by atoms with Gasteiger partial charge in [0.15, 0.2) is 0 Å². The summed E-state index contributed by atoms with van der Waals surface area (Å²) in [5, 5.41) is 3.65. The van der Waals surface area contributed by atoms with Crippen LogP contribution in [0, 0.1) is 11.7 Å². The number of benzene rings is 1. The zero-order valence-electron chi connectivity index (χ0n) is 12.5. The van der Waals surface area contributed by atoms with Crippen molar-refractivity contribution in [2.75, 3.05) is 18.0 Å². The topological polar surface area (TPSA) is 15.3 Å². The summed E-state index contributed by atoms with van der Waals surface area (Å²) < 4.78 is 14.3. The van der Waals surface area contributed by atoms with E-state index >= 15 is 0 Å². The van der Waals surface area contributed by atoms with Gasteiger partial charge in [-0.05, 0) is 46.5 Å². The van der Waals surface area contributed by atoms with Crippen LogP contribution in [0.15, 0.2) is 22.7 Å². The van der Waals surface area contributed by atoms with Gasteiger partial charge in [0.05, 0.1) is 4.47 Å². The third-order valence-electron chi connectivity index (χ3n) is 4.49. The largest absolute Gasteiger partial charge is 0.366 e. The number of nitrogens with one attached hydrogen (secondary N) is 1. The molecule has 20 heavy (non-hydrogen) atoms. The van der Waals surface area contributed by atoms with Gasteiger partial charge < -0.3 is 10.2 Å². The van der Waals surface area contributed by atoms with Gasteiger partial charge in [0.1, 0.15) is 5.82 Å². The lowest BCUT2D eigenvalue weighted by atomic mass is 9.94. The van der Waals surface area contributed by atoms with E-state index in [1.54, 1.807) is 12.1 Å². The van der Waals surface area contributed by atoms with Gasteiger partial charge in [-0.15, -0.1) is 0 Å². The molecule has 0 aliphatic carbocycles. The molecule has 1 fully saturated rings. The fourth-order valence-electron chi connectivity index (χ4n) is 2.83. The first kappa shape index (κ1) is 15.8. The Bertz CT molecular complexity index is 452. The summed E-state index contributed by atoms with van der Waals surface area (Å²) in [4.78, 5) is 2.36.